The molecule has 0 bridgehead atoms. The summed E-state index contributed by atoms with van der Waals surface area (Å²) in [4.78, 5) is 43.9. The Morgan fingerprint density at radius 1 is 0.131 bits per heavy atom. The summed E-state index contributed by atoms with van der Waals surface area (Å²) in [5.74, 6) is 5.99. The van der Waals surface area contributed by atoms with Gasteiger partial charge in [0.15, 0.2) is 52.4 Å². The molecule has 19 rings (SSSR count). The quantitative estimate of drug-likeness (QED) is 0.111. The fraction of sp³-hybridized carbons (Fsp3) is 0. The highest BCUT2D eigenvalue weighted by molar-refractivity contribution is 7.25. The first kappa shape index (κ1) is 66.1. The molecule has 0 radical (unpaired) electrons. The molecule has 0 unspecified atom stereocenters. The van der Waals surface area contributed by atoms with Crippen LogP contribution in [0.1, 0.15) is 0 Å². The van der Waals surface area contributed by atoms with E-state index in [0.29, 0.717) is 52.4 Å². The van der Waals surface area contributed by atoms with Crippen molar-refractivity contribution < 1.29 is 0 Å². The summed E-state index contributed by atoms with van der Waals surface area (Å²) in [6, 6.07) is 135. The highest BCUT2D eigenvalue weighted by Gasteiger charge is 2.18. The van der Waals surface area contributed by atoms with Gasteiger partial charge >= 0.3 is 0 Å². The van der Waals surface area contributed by atoms with E-state index in [1.54, 1.807) is 0 Å². The predicted octanol–water partition coefficient (Wildman–Crippen LogP) is 24.8. The van der Waals surface area contributed by atoms with Crippen LogP contribution in [0, 0.1) is 0 Å². The maximum absolute atomic E-state index is 5.02. The maximum Gasteiger partial charge on any atom is 0.164 e. The normalized spacial score (nSPS) is 11.0. The van der Waals surface area contributed by atoms with E-state index in [-0.39, 0.29) is 0 Å². The maximum atomic E-state index is 5.02. The molecule has 0 fully saturated rings. The fourth-order valence-electron chi connectivity index (χ4n) is 13.0. The van der Waals surface area contributed by atoms with E-state index >= 15 is 0 Å². The smallest absolute Gasteiger partial charge is 0.164 e. The van der Waals surface area contributed by atoms with E-state index in [9.17, 15) is 0 Å². The van der Waals surface area contributed by atoms with Gasteiger partial charge < -0.3 is 0 Å². The van der Waals surface area contributed by atoms with Gasteiger partial charge in [0.05, 0.1) is 0 Å². The molecule has 9 nitrogen and oxygen atoms in total. The third kappa shape index (κ3) is 15.1. The minimum atomic E-state index is 0.647. The summed E-state index contributed by atoms with van der Waals surface area (Å²) in [6.45, 7) is 0. The van der Waals surface area contributed by atoms with Crippen LogP contribution in [0.4, 0.5) is 0 Å². The molecule has 0 saturated carbocycles. The zero-order valence-electron chi connectivity index (χ0n) is 58.0. The second kappa shape index (κ2) is 30.8. The van der Waals surface area contributed by atoms with Crippen molar-refractivity contribution in [2.24, 2.45) is 0 Å². The molecule has 4 heterocycles. The molecule has 19 aromatic rings. The number of hydrogen-bond acceptors (Lipinski definition) is 10. The van der Waals surface area contributed by atoms with Crippen LogP contribution in [0.5, 0.6) is 0 Å². The van der Waals surface area contributed by atoms with Crippen LogP contribution >= 0.6 is 11.3 Å². The fourth-order valence-corrected chi connectivity index (χ4v) is 14.1. The lowest BCUT2D eigenvalue weighted by molar-refractivity contribution is 1.07. The Kier molecular flexibility index (Phi) is 19.0. The number of hydrogen-bond donors (Lipinski definition) is 0. The van der Waals surface area contributed by atoms with Crippen LogP contribution in [0.15, 0.2) is 394 Å². The lowest BCUT2D eigenvalue weighted by atomic mass is 10.0. The number of benzene rings is 15. The van der Waals surface area contributed by atoms with Gasteiger partial charge in [0, 0.05) is 70.2 Å². The van der Waals surface area contributed by atoms with Crippen LogP contribution < -0.4 is 0 Å². The monoisotopic (exact) mass is 1390 g/mol. The number of rotatable bonds is 13. The number of aromatic nitrogens is 9. The van der Waals surface area contributed by atoms with Gasteiger partial charge in [-0.3, -0.25) is 0 Å². The minimum Gasteiger partial charge on any atom is -0.208 e. The lowest BCUT2D eigenvalue weighted by Crippen LogP contribution is -2.00. The molecule has 0 spiro atoms. The topological polar surface area (TPSA) is 116 Å². The zero-order valence-corrected chi connectivity index (χ0v) is 58.8. The molecular formula is C97H65N9S. The van der Waals surface area contributed by atoms with E-state index < -0.39 is 0 Å². The molecule has 4 aromatic heterocycles. The Morgan fingerprint density at radius 3 is 0.664 bits per heavy atom. The van der Waals surface area contributed by atoms with E-state index in [2.05, 4.69) is 294 Å². The molecule has 0 atom stereocenters. The Morgan fingerprint density at radius 2 is 0.336 bits per heavy atom. The van der Waals surface area contributed by atoms with Crippen molar-refractivity contribution in [3.05, 3.63) is 394 Å². The summed E-state index contributed by atoms with van der Waals surface area (Å²) in [5, 5.41) is 4.84. The summed E-state index contributed by atoms with van der Waals surface area (Å²) >= 11 is 1.81. The molecule has 107 heavy (non-hydrogen) atoms. The molecule has 0 aliphatic rings. The van der Waals surface area contributed by atoms with Crippen molar-refractivity contribution in [2.45, 2.75) is 0 Å². The highest BCUT2D eigenvalue weighted by atomic mass is 32.1. The second-order valence-electron chi connectivity index (χ2n) is 25.7. The third-order valence-electron chi connectivity index (χ3n) is 18.6. The standard InChI is InChI=1S/C39H27N3.C37H23N3S.C21H15N3/c1-4-10-28(11-5-1)31-16-22-34(23-17-31)37-40-38(35-24-18-32(19-25-35)29-12-6-2-7-13-29)42-39(41-37)36-26-20-33(21-27-36)30-14-8-3-9-15-30;1-2-8-24(9-3-1)26-14-17-27(18-15-26)35-38-36(29-19-16-25-10-4-5-11-28(25)22-29)40-37(39-35)30-20-21-34-32(23-30)31-12-6-7-13-33(31)41-34;1-4-10-16(11-5-1)19-22-20(17-12-6-2-7-13-17)24-21(23-19)18-14-8-3-9-15-18/h1-27H;1-23H;1-15H. The SMILES string of the molecule is c1ccc(-c2ccc(-c3nc(-c4ccc(-c5ccccc5)cc4)nc(-c4ccc(-c5ccccc5)cc4)n3)cc2)cc1.c1ccc(-c2ccc(-c3nc(-c4ccc5ccccc5c4)nc(-c4ccc5sc6ccccc6c5c4)n3)cc2)cc1.c1ccc(-c2nc(-c3ccccc3)nc(-c3ccccc3)n2)cc1. The predicted molar refractivity (Wildman–Crippen MR) is 441 cm³/mol. The van der Waals surface area contributed by atoms with Gasteiger partial charge in [0.25, 0.3) is 0 Å². The Hall–Kier alpha value is -14.2. The summed E-state index contributed by atoms with van der Waals surface area (Å²) in [5.41, 5.74) is 18.0. The van der Waals surface area contributed by atoms with E-state index in [1.807, 2.05) is 127 Å². The number of nitrogens with zero attached hydrogens (tertiary/aromatic N) is 9. The van der Waals surface area contributed by atoms with Crippen molar-refractivity contribution in [3.8, 4) is 147 Å². The van der Waals surface area contributed by atoms with Crippen molar-refractivity contribution in [3.63, 3.8) is 0 Å². The molecule has 10 heteroatoms. The third-order valence-corrected chi connectivity index (χ3v) is 19.8. The van der Waals surface area contributed by atoms with Crippen molar-refractivity contribution in [1.29, 1.82) is 0 Å². The Labute approximate surface area is 624 Å². The van der Waals surface area contributed by atoms with Crippen LogP contribution in [-0.4, -0.2) is 44.9 Å². The van der Waals surface area contributed by atoms with Gasteiger partial charge in [-0.25, -0.2) is 44.9 Å². The van der Waals surface area contributed by atoms with Crippen molar-refractivity contribution in [1.82, 2.24) is 44.9 Å². The average molecular weight is 1390 g/mol. The van der Waals surface area contributed by atoms with Gasteiger partial charge in [-0.05, 0) is 85.6 Å². The molecule has 0 aliphatic carbocycles. The van der Waals surface area contributed by atoms with Crippen LogP contribution in [0.3, 0.4) is 0 Å². The molecule has 504 valence electrons. The molecular weight excluding hydrogens is 1320 g/mol. The van der Waals surface area contributed by atoms with Gasteiger partial charge in [-0.15, -0.1) is 11.3 Å². The largest absolute Gasteiger partial charge is 0.208 e. The summed E-state index contributed by atoms with van der Waals surface area (Å²) < 4.78 is 2.54. The second-order valence-corrected chi connectivity index (χ2v) is 26.7. The van der Waals surface area contributed by atoms with Crippen LogP contribution in [-0.2, 0) is 0 Å². The molecule has 15 aromatic carbocycles. The van der Waals surface area contributed by atoms with Gasteiger partial charge in [-0.2, -0.15) is 0 Å². The Balaban J connectivity index is 0.000000122. The van der Waals surface area contributed by atoms with Gasteiger partial charge in [0.2, 0.25) is 0 Å². The molecule has 0 saturated heterocycles. The highest BCUT2D eigenvalue weighted by Crippen LogP contribution is 2.38. The number of fused-ring (bicyclic) bond motifs is 4. The zero-order chi connectivity index (χ0) is 71.5. The van der Waals surface area contributed by atoms with Crippen LogP contribution in [0.25, 0.3) is 178 Å². The first-order valence-corrected chi connectivity index (χ1v) is 36.3. The first-order valence-electron chi connectivity index (χ1n) is 35.5. The summed E-state index contributed by atoms with van der Waals surface area (Å²) in [6.07, 6.45) is 0. The summed E-state index contributed by atoms with van der Waals surface area (Å²) in [7, 11) is 0. The van der Waals surface area contributed by atoms with Crippen LogP contribution in [0.2, 0.25) is 0 Å². The molecule has 0 N–H and O–H groups in total. The minimum absolute atomic E-state index is 0.647. The van der Waals surface area contributed by atoms with Crippen molar-refractivity contribution >= 4 is 42.3 Å². The number of thiophene rings is 1. The lowest BCUT2D eigenvalue weighted by Gasteiger charge is -2.10. The van der Waals surface area contributed by atoms with E-state index in [1.165, 1.54) is 47.8 Å². The average Bonchev–Trinajstić information content (AvgIpc) is 1.71. The molecule has 0 amide bonds. The van der Waals surface area contributed by atoms with E-state index in [0.717, 1.165) is 77.7 Å². The molecule has 0 aliphatic heterocycles. The van der Waals surface area contributed by atoms with Crippen molar-refractivity contribution in [2.75, 3.05) is 0 Å². The Bertz CT molecular complexity index is 5850. The first-order chi connectivity index (χ1) is 53.0. The van der Waals surface area contributed by atoms with E-state index in [4.69, 9.17) is 29.9 Å². The van der Waals surface area contributed by atoms with Gasteiger partial charge in [-0.1, -0.05) is 364 Å². The van der Waals surface area contributed by atoms with Gasteiger partial charge in [0.1, 0.15) is 0 Å².